The van der Waals surface area contributed by atoms with Crippen molar-refractivity contribution >= 4 is 23.4 Å². The third kappa shape index (κ3) is 4.87. The lowest BCUT2D eigenvalue weighted by atomic mass is 10.0. The molecule has 1 unspecified atom stereocenters. The fraction of sp³-hybridized carbons (Fsp3) is 0.625. The molecule has 0 bridgehead atoms. The van der Waals surface area contributed by atoms with Crippen LogP contribution in [0.1, 0.15) is 37.7 Å². The fourth-order valence-corrected chi connectivity index (χ4v) is 4.24. The molecule has 1 atom stereocenters. The maximum atomic E-state index is 6.28. The number of hydrogen-bond acceptors (Lipinski definition) is 3. The van der Waals surface area contributed by atoms with E-state index in [0.717, 1.165) is 33.8 Å². The summed E-state index contributed by atoms with van der Waals surface area (Å²) in [6.45, 7) is 0. The second-order valence-corrected chi connectivity index (χ2v) is 7.28. The molecule has 4 heteroatoms. The van der Waals surface area contributed by atoms with E-state index in [1.165, 1.54) is 32.1 Å². The summed E-state index contributed by atoms with van der Waals surface area (Å²) in [5.41, 5.74) is 7.39. The van der Waals surface area contributed by atoms with Crippen LogP contribution in [0.4, 0.5) is 0 Å². The van der Waals surface area contributed by atoms with Crippen molar-refractivity contribution in [2.75, 3.05) is 12.9 Å². The third-order valence-electron chi connectivity index (χ3n) is 3.82. The van der Waals surface area contributed by atoms with Crippen molar-refractivity contribution in [2.45, 2.75) is 49.8 Å². The van der Waals surface area contributed by atoms with Crippen molar-refractivity contribution in [3.8, 4) is 5.75 Å². The van der Waals surface area contributed by atoms with Crippen molar-refractivity contribution in [1.29, 1.82) is 0 Å². The van der Waals surface area contributed by atoms with Gasteiger partial charge in [0.25, 0.3) is 0 Å². The molecule has 1 saturated carbocycles. The summed E-state index contributed by atoms with van der Waals surface area (Å²) in [7, 11) is 1.69. The largest absolute Gasteiger partial charge is 0.496 e. The van der Waals surface area contributed by atoms with E-state index in [1.807, 2.05) is 30.0 Å². The number of nitrogens with two attached hydrogens (primary N) is 1. The molecule has 0 aliphatic heterocycles. The summed E-state index contributed by atoms with van der Waals surface area (Å²) >= 11 is 8.10. The van der Waals surface area contributed by atoms with E-state index < -0.39 is 0 Å². The number of halogens is 1. The van der Waals surface area contributed by atoms with Gasteiger partial charge in [0.15, 0.2) is 0 Å². The molecular formula is C16H24ClNOS. The Morgan fingerprint density at radius 3 is 2.80 bits per heavy atom. The van der Waals surface area contributed by atoms with Gasteiger partial charge in [0.2, 0.25) is 0 Å². The first-order valence-electron chi connectivity index (χ1n) is 7.38. The van der Waals surface area contributed by atoms with Crippen molar-refractivity contribution in [2.24, 2.45) is 5.73 Å². The van der Waals surface area contributed by atoms with Crippen LogP contribution in [0.5, 0.6) is 5.75 Å². The van der Waals surface area contributed by atoms with Gasteiger partial charge in [-0.25, -0.2) is 0 Å². The predicted molar refractivity (Wildman–Crippen MR) is 89.0 cm³/mol. The Bertz CT molecular complexity index is 421. The van der Waals surface area contributed by atoms with Crippen molar-refractivity contribution < 1.29 is 4.74 Å². The van der Waals surface area contributed by atoms with Gasteiger partial charge in [0.1, 0.15) is 5.75 Å². The van der Waals surface area contributed by atoms with Crippen molar-refractivity contribution in [3.63, 3.8) is 0 Å². The summed E-state index contributed by atoms with van der Waals surface area (Å²) in [6.07, 6.45) is 7.71. The SMILES string of the molecule is COc1ccc(Cl)cc1CC(N)CSC1CCCCC1. The molecule has 1 fully saturated rings. The van der Waals surface area contributed by atoms with E-state index in [4.69, 9.17) is 22.1 Å². The highest BCUT2D eigenvalue weighted by Gasteiger charge is 2.16. The average molecular weight is 314 g/mol. The summed E-state index contributed by atoms with van der Waals surface area (Å²) in [4.78, 5) is 0. The molecule has 20 heavy (non-hydrogen) atoms. The molecule has 112 valence electrons. The predicted octanol–water partition coefficient (Wildman–Crippen LogP) is 4.28. The molecule has 0 amide bonds. The van der Waals surface area contributed by atoms with Gasteiger partial charge in [-0.1, -0.05) is 30.9 Å². The Kier molecular flexibility index (Phi) is 6.53. The van der Waals surface area contributed by atoms with Crippen LogP contribution in [0.25, 0.3) is 0 Å². The van der Waals surface area contributed by atoms with Crippen molar-refractivity contribution in [1.82, 2.24) is 0 Å². The molecule has 2 nitrogen and oxygen atoms in total. The van der Waals surface area contributed by atoms with Crippen molar-refractivity contribution in [3.05, 3.63) is 28.8 Å². The summed E-state index contributed by atoms with van der Waals surface area (Å²) in [5.74, 6) is 1.90. The number of rotatable bonds is 6. The zero-order chi connectivity index (χ0) is 14.4. The quantitative estimate of drug-likeness (QED) is 0.851. The third-order valence-corrected chi connectivity index (χ3v) is 5.62. The van der Waals surface area contributed by atoms with E-state index in [2.05, 4.69) is 0 Å². The molecule has 0 saturated heterocycles. The Balaban J connectivity index is 1.84. The Hall–Kier alpha value is -0.380. The minimum absolute atomic E-state index is 0.161. The molecule has 0 heterocycles. The molecule has 0 aromatic heterocycles. The summed E-state index contributed by atoms with van der Waals surface area (Å²) in [5, 5.41) is 1.56. The first kappa shape index (κ1) is 16.0. The van der Waals surface area contributed by atoms with Crippen LogP contribution < -0.4 is 10.5 Å². The Morgan fingerprint density at radius 2 is 2.10 bits per heavy atom. The smallest absolute Gasteiger partial charge is 0.122 e. The van der Waals surface area contributed by atoms with Crippen LogP contribution in [0.3, 0.4) is 0 Å². The molecule has 1 aromatic rings. The summed E-state index contributed by atoms with van der Waals surface area (Å²) < 4.78 is 5.37. The number of hydrogen-bond donors (Lipinski definition) is 1. The fourth-order valence-electron chi connectivity index (χ4n) is 2.74. The van der Waals surface area contributed by atoms with E-state index in [1.54, 1.807) is 7.11 Å². The highest BCUT2D eigenvalue weighted by Crippen LogP contribution is 2.29. The van der Waals surface area contributed by atoms with Crippen LogP contribution in [0.15, 0.2) is 18.2 Å². The van der Waals surface area contributed by atoms with Gasteiger partial charge >= 0.3 is 0 Å². The highest BCUT2D eigenvalue weighted by atomic mass is 35.5. The second kappa shape index (κ2) is 8.16. The molecule has 0 spiro atoms. The lowest BCUT2D eigenvalue weighted by Crippen LogP contribution is -2.27. The molecule has 1 aliphatic rings. The lowest BCUT2D eigenvalue weighted by Gasteiger charge is -2.23. The first-order valence-corrected chi connectivity index (χ1v) is 8.81. The van der Waals surface area contributed by atoms with Gasteiger partial charge in [-0.2, -0.15) is 11.8 Å². The van der Waals surface area contributed by atoms with Gasteiger partial charge in [0, 0.05) is 22.1 Å². The second-order valence-electron chi connectivity index (χ2n) is 5.51. The van der Waals surface area contributed by atoms with Crippen LogP contribution in [-0.4, -0.2) is 24.2 Å². The number of methoxy groups -OCH3 is 1. The molecule has 2 rings (SSSR count). The van der Waals surface area contributed by atoms with E-state index in [-0.39, 0.29) is 6.04 Å². The Morgan fingerprint density at radius 1 is 1.35 bits per heavy atom. The van der Waals surface area contributed by atoms with Crippen LogP contribution in [-0.2, 0) is 6.42 Å². The average Bonchev–Trinajstić information content (AvgIpc) is 2.46. The normalized spacial score (nSPS) is 17.9. The number of thioether (sulfide) groups is 1. The van der Waals surface area contributed by atoms with Gasteiger partial charge in [0.05, 0.1) is 7.11 Å². The standard InChI is InChI=1S/C16H24ClNOS/c1-19-16-8-7-13(17)9-12(16)10-14(18)11-20-15-5-3-2-4-6-15/h7-9,14-15H,2-6,10-11,18H2,1H3. The molecule has 1 aromatic carbocycles. The van der Waals surface area contributed by atoms with E-state index >= 15 is 0 Å². The zero-order valence-electron chi connectivity index (χ0n) is 12.1. The summed E-state index contributed by atoms with van der Waals surface area (Å²) in [6, 6.07) is 5.89. The van der Waals surface area contributed by atoms with Crippen LogP contribution in [0, 0.1) is 0 Å². The number of ether oxygens (including phenoxy) is 1. The molecule has 0 radical (unpaired) electrons. The van der Waals surface area contributed by atoms with Crippen LogP contribution in [0.2, 0.25) is 5.02 Å². The van der Waals surface area contributed by atoms with E-state index in [0.29, 0.717) is 0 Å². The minimum atomic E-state index is 0.161. The molecule has 2 N–H and O–H groups in total. The zero-order valence-corrected chi connectivity index (χ0v) is 13.7. The van der Waals surface area contributed by atoms with Gasteiger partial charge in [-0.05, 0) is 43.0 Å². The molecule has 1 aliphatic carbocycles. The maximum Gasteiger partial charge on any atom is 0.122 e. The van der Waals surface area contributed by atoms with Gasteiger partial charge in [-0.3, -0.25) is 0 Å². The molecular weight excluding hydrogens is 290 g/mol. The van der Waals surface area contributed by atoms with Gasteiger partial charge in [-0.15, -0.1) is 0 Å². The number of benzene rings is 1. The Labute approximate surface area is 131 Å². The first-order chi connectivity index (χ1) is 9.69. The minimum Gasteiger partial charge on any atom is -0.496 e. The lowest BCUT2D eigenvalue weighted by molar-refractivity contribution is 0.408. The van der Waals surface area contributed by atoms with Gasteiger partial charge < -0.3 is 10.5 Å². The topological polar surface area (TPSA) is 35.2 Å². The van der Waals surface area contributed by atoms with Crippen LogP contribution >= 0.6 is 23.4 Å². The van der Waals surface area contributed by atoms with E-state index in [9.17, 15) is 0 Å². The highest BCUT2D eigenvalue weighted by molar-refractivity contribution is 7.99. The monoisotopic (exact) mass is 313 g/mol. The maximum absolute atomic E-state index is 6.28.